The summed E-state index contributed by atoms with van der Waals surface area (Å²) in [6, 6.07) is 0.977. The third-order valence-electron chi connectivity index (χ3n) is 5.04. The van der Waals surface area contributed by atoms with Gasteiger partial charge in [-0.05, 0) is 28.3 Å². The number of nitrogens with zero attached hydrogens (tertiary/aromatic N) is 6. The van der Waals surface area contributed by atoms with Crippen molar-refractivity contribution in [3.8, 4) is 11.3 Å². The number of nitro benzene ring substituents is 1. The highest BCUT2D eigenvalue weighted by Gasteiger charge is 2.73. The van der Waals surface area contributed by atoms with Gasteiger partial charge in [-0.1, -0.05) is 0 Å². The molecule has 1 atom stereocenters. The maximum Gasteiger partial charge on any atom is 0.460 e. The minimum atomic E-state index is -6.71. The summed E-state index contributed by atoms with van der Waals surface area (Å²) < 4.78 is 120. The number of tetrazole rings is 1. The van der Waals surface area contributed by atoms with Crippen LogP contribution < -0.4 is 5.73 Å². The van der Waals surface area contributed by atoms with E-state index in [9.17, 15) is 49.9 Å². The Balaban J connectivity index is 2.23. The minimum absolute atomic E-state index is 0.0313. The van der Waals surface area contributed by atoms with Gasteiger partial charge in [0.15, 0.2) is 0 Å². The van der Waals surface area contributed by atoms with E-state index in [2.05, 4.69) is 20.5 Å². The van der Waals surface area contributed by atoms with Crippen LogP contribution in [0.25, 0.3) is 11.3 Å². The fourth-order valence-electron chi connectivity index (χ4n) is 3.07. The number of hydrogen-bond acceptors (Lipinski definition) is 9. The van der Waals surface area contributed by atoms with E-state index < -0.39 is 78.4 Å². The molecule has 40 heavy (non-hydrogen) atoms. The van der Waals surface area contributed by atoms with Crippen molar-refractivity contribution in [3.63, 3.8) is 0 Å². The van der Waals surface area contributed by atoms with E-state index in [4.69, 9.17) is 5.73 Å². The van der Waals surface area contributed by atoms with Crippen LogP contribution in [-0.4, -0.2) is 64.3 Å². The molecule has 21 heteroatoms. The summed E-state index contributed by atoms with van der Waals surface area (Å²) in [4.78, 5) is 25.4. The number of halogens is 8. The number of primary amides is 1. The maximum absolute atomic E-state index is 15.1. The fourth-order valence-corrected chi connectivity index (χ4v) is 4.53. The summed E-state index contributed by atoms with van der Waals surface area (Å²) in [6.45, 7) is -0.0313. The molecule has 0 saturated carbocycles. The van der Waals surface area contributed by atoms with Crippen LogP contribution in [0.4, 0.5) is 40.8 Å². The molecular formula is C19H13F8N7O4S2. The second-order valence-electron chi connectivity index (χ2n) is 7.76. The Labute approximate surface area is 223 Å². The number of non-ortho nitro benzene ring substituents is 1. The Morgan fingerprint density at radius 1 is 1.18 bits per heavy atom. The Morgan fingerprint density at radius 3 is 2.35 bits per heavy atom. The summed E-state index contributed by atoms with van der Waals surface area (Å²) in [5.74, 6) is -15.7. The Bertz CT molecular complexity index is 1500. The van der Waals surface area contributed by atoms with Crippen molar-refractivity contribution < 1.29 is 49.1 Å². The summed E-state index contributed by atoms with van der Waals surface area (Å²) >= 11 is 0.476. The van der Waals surface area contributed by atoms with Crippen LogP contribution in [0.5, 0.6) is 0 Å². The third-order valence-corrected chi connectivity index (χ3v) is 6.92. The predicted molar refractivity (Wildman–Crippen MR) is 121 cm³/mol. The molecule has 0 saturated heterocycles. The Morgan fingerprint density at radius 2 is 1.82 bits per heavy atom. The van der Waals surface area contributed by atoms with Crippen molar-refractivity contribution in [3.05, 3.63) is 51.5 Å². The number of pyridine rings is 1. The van der Waals surface area contributed by atoms with Gasteiger partial charge in [-0.25, -0.2) is 9.07 Å². The molecule has 0 aliphatic rings. The first-order valence-corrected chi connectivity index (χ1v) is 12.8. The number of aryl methyl sites for hydroxylation is 1. The van der Waals surface area contributed by atoms with Crippen LogP contribution in [0.15, 0.2) is 34.4 Å². The van der Waals surface area contributed by atoms with E-state index >= 15 is 4.39 Å². The molecule has 1 aromatic carbocycles. The number of alkyl halides is 7. The van der Waals surface area contributed by atoms with Crippen molar-refractivity contribution >= 4 is 34.2 Å². The highest BCUT2D eigenvalue weighted by molar-refractivity contribution is 7.99. The van der Waals surface area contributed by atoms with Crippen LogP contribution in [0.2, 0.25) is 0 Å². The van der Waals surface area contributed by atoms with Gasteiger partial charge in [-0.15, -0.1) is 5.10 Å². The normalized spacial score (nSPS) is 13.3. The minimum Gasteiger partial charge on any atom is -0.366 e. The lowest BCUT2D eigenvalue weighted by Crippen LogP contribution is -2.50. The van der Waals surface area contributed by atoms with Crippen LogP contribution in [0.3, 0.4) is 0 Å². The number of hydrogen-bond donors (Lipinski definition) is 1. The molecule has 1 amide bonds. The van der Waals surface area contributed by atoms with Gasteiger partial charge in [0.25, 0.3) is 5.69 Å². The topological polar surface area (TPSA) is 160 Å². The van der Waals surface area contributed by atoms with Gasteiger partial charge < -0.3 is 5.73 Å². The standard InChI is InChI=1S/C19H13F8N7O4S2/c1-40(38)3-2-33-16(30-31-32-33)39-14-10(5-9(34(36)37)6-11(14)15(28)35)13-12(20)4-8(7-29-13)17(21,22)18(23,24)19(25,26)27/h4-7H,2-3H2,1H3,(H2,28,35). The maximum atomic E-state index is 15.1. The average Bonchev–Trinajstić information content (AvgIpc) is 3.28. The lowest BCUT2D eigenvalue weighted by molar-refractivity contribution is -0.384. The molecule has 2 N–H and O–H groups in total. The lowest BCUT2D eigenvalue weighted by Gasteiger charge is -2.28. The molecule has 11 nitrogen and oxygen atoms in total. The molecule has 0 aliphatic heterocycles. The van der Waals surface area contributed by atoms with Gasteiger partial charge in [0.05, 0.1) is 17.0 Å². The number of benzene rings is 1. The molecule has 2 aromatic heterocycles. The summed E-state index contributed by atoms with van der Waals surface area (Å²) in [5, 5.41) is 22.0. The van der Waals surface area contributed by atoms with Crippen molar-refractivity contribution in [2.75, 3.05) is 12.0 Å². The molecule has 1 unspecified atom stereocenters. The van der Waals surface area contributed by atoms with E-state index in [0.29, 0.717) is 23.9 Å². The molecule has 0 aliphatic carbocycles. The van der Waals surface area contributed by atoms with E-state index in [0.717, 1.165) is 4.68 Å². The molecule has 3 aromatic rings. The second kappa shape index (κ2) is 11.0. The van der Waals surface area contributed by atoms with Gasteiger partial charge >= 0.3 is 18.0 Å². The predicted octanol–water partition coefficient (Wildman–Crippen LogP) is 3.70. The number of aromatic nitrogens is 5. The van der Waals surface area contributed by atoms with Crippen LogP contribution in [-0.2, 0) is 23.3 Å². The van der Waals surface area contributed by atoms with Crippen molar-refractivity contribution in [1.82, 2.24) is 25.2 Å². The van der Waals surface area contributed by atoms with Crippen LogP contribution >= 0.6 is 11.8 Å². The van der Waals surface area contributed by atoms with E-state index in [1.165, 1.54) is 6.26 Å². The number of amides is 1. The van der Waals surface area contributed by atoms with Crippen molar-refractivity contribution in [2.45, 2.75) is 34.6 Å². The SMILES string of the molecule is CS(=O)CCn1nnnc1Sc1c(C(N)=O)cc([N+](=O)[O-])cc1-c1ncc(C(F)(F)C(F)(F)C(F)(F)F)cc1F. The molecule has 216 valence electrons. The fraction of sp³-hybridized carbons (Fsp3) is 0.316. The summed E-state index contributed by atoms with van der Waals surface area (Å²) in [7, 11) is -1.30. The largest absolute Gasteiger partial charge is 0.460 e. The summed E-state index contributed by atoms with van der Waals surface area (Å²) in [6.07, 6.45) is -5.50. The van der Waals surface area contributed by atoms with E-state index in [1.807, 2.05) is 0 Å². The van der Waals surface area contributed by atoms with Gasteiger partial charge in [0.2, 0.25) is 11.1 Å². The summed E-state index contributed by atoms with van der Waals surface area (Å²) in [5.41, 5.74) is -0.0141. The third kappa shape index (κ3) is 5.88. The number of carbonyl (C=O) groups is 1. The van der Waals surface area contributed by atoms with Gasteiger partial charge in [-0.2, -0.15) is 30.7 Å². The number of rotatable bonds is 10. The first-order chi connectivity index (χ1) is 18.4. The van der Waals surface area contributed by atoms with E-state index in [-0.39, 0.29) is 29.7 Å². The zero-order chi connectivity index (χ0) is 30.2. The number of nitrogens with two attached hydrogens (primary N) is 1. The molecule has 0 bridgehead atoms. The van der Waals surface area contributed by atoms with Crippen LogP contribution in [0.1, 0.15) is 15.9 Å². The van der Waals surface area contributed by atoms with Crippen LogP contribution in [0, 0.1) is 15.9 Å². The molecule has 0 radical (unpaired) electrons. The smallest absolute Gasteiger partial charge is 0.366 e. The molecule has 0 fully saturated rings. The highest BCUT2D eigenvalue weighted by Crippen LogP contribution is 2.52. The van der Waals surface area contributed by atoms with Crippen molar-refractivity contribution in [1.29, 1.82) is 0 Å². The van der Waals surface area contributed by atoms with Gasteiger partial charge in [-0.3, -0.25) is 24.1 Å². The Kier molecular flexibility index (Phi) is 8.48. The quantitative estimate of drug-likeness (QED) is 0.203. The second-order valence-corrected chi connectivity index (χ2v) is 10.3. The Hall–Kier alpha value is -3.75. The zero-order valence-electron chi connectivity index (χ0n) is 19.5. The molecular weight excluding hydrogens is 606 g/mol. The first-order valence-electron chi connectivity index (χ1n) is 10.2. The highest BCUT2D eigenvalue weighted by atomic mass is 32.2. The lowest BCUT2D eigenvalue weighted by atomic mass is 10.0. The molecule has 0 spiro atoms. The molecule has 3 rings (SSSR count). The monoisotopic (exact) mass is 619 g/mol. The number of nitro groups is 1. The first kappa shape index (κ1) is 30.8. The average molecular weight is 619 g/mol. The van der Waals surface area contributed by atoms with Gasteiger partial charge in [0.1, 0.15) is 11.5 Å². The van der Waals surface area contributed by atoms with Crippen molar-refractivity contribution in [2.24, 2.45) is 5.73 Å². The molecule has 2 heterocycles. The van der Waals surface area contributed by atoms with Gasteiger partial charge in [0, 0.05) is 57.2 Å². The zero-order valence-corrected chi connectivity index (χ0v) is 21.1. The van der Waals surface area contributed by atoms with E-state index in [1.54, 1.807) is 0 Å². The number of carbonyl (C=O) groups excluding carboxylic acids is 1.